The summed E-state index contributed by atoms with van der Waals surface area (Å²) in [5.74, 6) is -1.08. The van der Waals surface area contributed by atoms with Gasteiger partial charge in [-0.25, -0.2) is 4.98 Å². The molecular weight excluding hydrogens is 288 g/mol. The molecule has 8 heteroatoms. The monoisotopic (exact) mass is 304 g/mol. The average Bonchev–Trinajstić information content (AvgIpc) is 3.06. The summed E-state index contributed by atoms with van der Waals surface area (Å²) in [6, 6.07) is 2.98. The summed E-state index contributed by atoms with van der Waals surface area (Å²) in [4.78, 5) is 30.0. The number of fused-ring (bicyclic) bond motifs is 1. The molecule has 1 fully saturated rings. The standard InChI is InChI=1S/C14H16N4O4/c1-17(8-4-6-15-7-8)13(20)10-11(19)9-3-2-5-16-12(9)18(22)14(10)21/h2-3,5,8,15,19,22H,4,6-7H2,1H3. The van der Waals surface area contributed by atoms with E-state index in [9.17, 15) is 19.9 Å². The Kier molecular flexibility index (Phi) is 3.45. The van der Waals surface area contributed by atoms with Crippen LogP contribution in [0, 0.1) is 0 Å². The predicted octanol–water partition coefficient (Wildman–Crippen LogP) is -0.227. The summed E-state index contributed by atoms with van der Waals surface area (Å²) in [5.41, 5.74) is -1.52. The first-order valence-corrected chi connectivity index (χ1v) is 6.92. The molecule has 22 heavy (non-hydrogen) atoms. The highest BCUT2D eigenvalue weighted by atomic mass is 16.5. The molecule has 0 spiro atoms. The van der Waals surface area contributed by atoms with Gasteiger partial charge in [-0.3, -0.25) is 9.59 Å². The Bertz CT molecular complexity index is 795. The van der Waals surface area contributed by atoms with Gasteiger partial charge in [0.2, 0.25) is 0 Å². The molecule has 3 N–H and O–H groups in total. The van der Waals surface area contributed by atoms with Crippen molar-refractivity contribution in [2.24, 2.45) is 0 Å². The number of likely N-dealkylation sites (N-methyl/N-ethyl adjacent to an activating group) is 1. The summed E-state index contributed by atoms with van der Waals surface area (Å²) in [5, 5.41) is 23.5. The molecule has 0 aromatic carbocycles. The molecule has 2 aromatic rings. The third-order valence-corrected chi connectivity index (χ3v) is 4.00. The normalized spacial score (nSPS) is 17.8. The topological polar surface area (TPSA) is 108 Å². The maximum atomic E-state index is 12.6. The number of hydrogen-bond acceptors (Lipinski definition) is 6. The number of carbonyl (C=O) groups excluding carboxylic acids is 1. The van der Waals surface area contributed by atoms with Crippen molar-refractivity contribution in [2.75, 3.05) is 20.1 Å². The minimum atomic E-state index is -0.980. The molecule has 0 bridgehead atoms. The SMILES string of the molecule is CN(C(=O)c1c(O)c2cccnc2n(O)c1=O)C1CCNC1. The zero-order valence-corrected chi connectivity index (χ0v) is 12.0. The lowest BCUT2D eigenvalue weighted by atomic mass is 10.1. The highest BCUT2D eigenvalue weighted by Gasteiger charge is 2.30. The lowest BCUT2D eigenvalue weighted by molar-refractivity contribution is 0.0733. The van der Waals surface area contributed by atoms with E-state index in [-0.39, 0.29) is 17.1 Å². The molecule has 1 atom stereocenters. The predicted molar refractivity (Wildman–Crippen MR) is 78.2 cm³/mol. The Labute approximate surface area is 125 Å². The van der Waals surface area contributed by atoms with Crippen LogP contribution in [0.2, 0.25) is 0 Å². The Hall–Kier alpha value is -2.61. The van der Waals surface area contributed by atoms with Crippen molar-refractivity contribution in [3.63, 3.8) is 0 Å². The molecule has 1 aliphatic heterocycles. The lowest BCUT2D eigenvalue weighted by Gasteiger charge is -2.24. The first-order valence-electron chi connectivity index (χ1n) is 6.92. The van der Waals surface area contributed by atoms with E-state index in [0.717, 1.165) is 13.0 Å². The fourth-order valence-corrected chi connectivity index (χ4v) is 2.69. The van der Waals surface area contributed by atoms with Crippen molar-refractivity contribution in [3.8, 4) is 5.75 Å². The number of nitrogens with one attached hydrogen (secondary N) is 1. The van der Waals surface area contributed by atoms with Gasteiger partial charge in [0.1, 0.15) is 5.75 Å². The molecule has 1 aliphatic rings. The maximum absolute atomic E-state index is 12.6. The zero-order valence-electron chi connectivity index (χ0n) is 12.0. The van der Waals surface area contributed by atoms with Crippen LogP contribution in [0.3, 0.4) is 0 Å². The second kappa shape index (κ2) is 5.30. The first-order chi connectivity index (χ1) is 10.5. The van der Waals surface area contributed by atoms with Gasteiger partial charge in [0.25, 0.3) is 5.91 Å². The summed E-state index contributed by atoms with van der Waals surface area (Å²) < 4.78 is 0.295. The molecule has 3 rings (SSSR count). The third-order valence-electron chi connectivity index (χ3n) is 4.00. The number of hydrogen-bond donors (Lipinski definition) is 3. The molecule has 2 aromatic heterocycles. The van der Waals surface area contributed by atoms with Crippen molar-refractivity contribution in [1.29, 1.82) is 0 Å². The lowest BCUT2D eigenvalue weighted by Crippen LogP contribution is -2.41. The highest BCUT2D eigenvalue weighted by Crippen LogP contribution is 2.25. The zero-order chi connectivity index (χ0) is 15.9. The molecule has 0 saturated carbocycles. The highest BCUT2D eigenvalue weighted by molar-refractivity contribution is 6.01. The molecule has 1 saturated heterocycles. The smallest absolute Gasteiger partial charge is 0.301 e. The number of rotatable bonds is 2. The van der Waals surface area contributed by atoms with Crippen LogP contribution >= 0.6 is 0 Å². The van der Waals surface area contributed by atoms with Gasteiger partial charge in [-0.1, -0.05) is 0 Å². The van der Waals surface area contributed by atoms with E-state index in [1.807, 2.05) is 0 Å². The van der Waals surface area contributed by atoms with Crippen molar-refractivity contribution >= 4 is 16.9 Å². The van der Waals surface area contributed by atoms with Gasteiger partial charge < -0.3 is 20.5 Å². The quantitative estimate of drug-likeness (QED) is 0.662. The van der Waals surface area contributed by atoms with E-state index < -0.39 is 22.8 Å². The Balaban J connectivity index is 2.14. The fourth-order valence-electron chi connectivity index (χ4n) is 2.69. The summed E-state index contributed by atoms with van der Waals surface area (Å²) >= 11 is 0. The molecule has 0 radical (unpaired) electrons. The average molecular weight is 304 g/mol. The number of aromatic hydroxyl groups is 1. The minimum absolute atomic E-state index is 0.0527. The maximum Gasteiger partial charge on any atom is 0.301 e. The molecule has 8 nitrogen and oxygen atoms in total. The van der Waals surface area contributed by atoms with Crippen molar-refractivity contribution in [2.45, 2.75) is 12.5 Å². The Morgan fingerprint density at radius 2 is 2.32 bits per heavy atom. The van der Waals surface area contributed by atoms with Crippen LogP contribution in [0.25, 0.3) is 11.0 Å². The number of amides is 1. The van der Waals surface area contributed by atoms with Crippen LogP contribution in [-0.4, -0.2) is 57.0 Å². The molecule has 0 aliphatic carbocycles. The van der Waals surface area contributed by atoms with E-state index in [1.165, 1.54) is 17.2 Å². The molecule has 116 valence electrons. The van der Waals surface area contributed by atoms with Gasteiger partial charge in [0, 0.05) is 25.8 Å². The van der Waals surface area contributed by atoms with Crippen molar-refractivity contribution < 1.29 is 15.1 Å². The van der Waals surface area contributed by atoms with Crippen LogP contribution in [0.4, 0.5) is 0 Å². The summed E-state index contributed by atoms with van der Waals surface area (Å²) in [6.07, 6.45) is 2.15. The van der Waals surface area contributed by atoms with Crippen LogP contribution in [-0.2, 0) is 0 Å². The molecule has 3 heterocycles. The largest absolute Gasteiger partial charge is 0.506 e. The van der Waals surface area contributed by atoms with Gasteiger partial charge in [-0.05, 0) is 25.1 Å². The van der Waals surface area contributed by atoms with E-state index in [2.05, 4.69) is 10.3 Å². The van der Waals surface area contributed by atoms with Gasteiger partial charge in [-0.15, -0.1) is 4.73 Å². The van der Waals surface area contributed by atoms with Crippen LogP contribution in [0.15, 0.2) is 23.1 Å². The summed E-state index contributed by atoms with van der Waals surface area (Å²) in [7, 11) is 1.58. The van der Waals surface area contributed by atoms with Gasteiger partial charge in [0.05, 0.1) is 5.39 Å². The van der Waals surface area contributed by atoms with E-state index in [4.69, 9.17) is 0 Å². The second-order valence-electron chi connectivity index (χ2n) is 5.28. The van der Waals surface area contributed by atoms with Crippen molar-refractivity contribution in [3.05, 3.63) is 34.2 Å². The van der Waals surface area contributed by atoms with E-state index >= 15 is 0 Å². The van der Waals surface area contributed by atoms with Crippen LogP contribution < -0.4 is 10.9 Å². The summed E-state index contributed by atoms with van der Waals surface area (Å²) in [6.45, 7) is 1.42. The van der Waals surface area contributed by atoms with Gasteiger partial charge >= 0.3 is 5.56 Å². The second-order valence-corrected chi connectivity index (χ2v) is 5.28. The van der Waals surface area contributed by atoms with Crippen LogP contribution in [0.1, 0.15) is 16.8 Å². The first kappa shape index (κ1) is 14.3. The number of nitrogens with zero attached hydrogens (tertiary/aromatic N) is 3. The van der Waals surface area contributed by atoms with E-state index in [1.54, 1.807) is 13.1 Å². The Morgan fingerprint density at radius 1 is 1.55 bits per heavy atom. The number of pyridine rings is 2. The third kappa shape index (κ3) is 2.08. The van der Waals surface area contributed by atoms with Crippen molar-refractivity contribution in [1.82, 2.24) is 19.9 Å². The molecular formula is C14H16N4O4. The van der Waals surface area contributed by atoms with Gasteiger partial charge in [0.15, 0.2) is 11.2 Å². The van der Waals surface area contributed by atoms with Gasteiger partial charge in [-0.2, -0.15) is 0 Å². The minimum Gasteiger partial charge on any atom is -0.506 e. The Morgan fingerprint density at radius 3 is 3.00 bits per heavy atom. The molecule has 1 unspecified atom stereocenters. The number of carbonyl (C=O) groups is 1. The van der Waals surface area contributed by atoms with Crippen LogP contribution in [0.5, 0.6) is 5.75 Å². The fraction of sp³-hybridized carbons (Fsp3) is 0.357. The molecule has 1 amide bonds. The number of aromatic nitrogens is 2. The van der Waals surface area contributed by atoms with E-state index in [0.29, 0.717) is 11.3 Å².